The topological polar surface area (TPSA) is 58.8 Å². The number of hydrogen-bond donors (Lipinski definition) is 1. The smallest absolute Gasteiger partial charge is 0.255 e. The highest BCUT2D eigenvalue weighted by molar-refractivity contribution is 6.34. The van der Waals surface area contributed by atoms with Gasteiger partial charge >= 0.3 is 0 Å². The van der Waals surface area contributed by atoms with Gasteiger partial charge in [0.15, 0.2) is 0 Å². The molecule has 1 unspecified atom stereocenters. The number of piperidine rings is 1. The molecule has 28 heavy (non-hydrogen) atoms. The number of benzene rings is 2. The highest BCUT2D eigenvalue weighted by Gasteiger charge is 2.27. The van der Waals surface area contributed by atoms with Crippen LogP contribution >= 0.6 is 11.6 Å². The summed E-state index contributed by atoms with van der Waals surface area (Å²) in [6.07, 6.45) is 1.86. The number of nitrogens with two attached hydrogens (primary N) is 1. The van der Waals surface area contributed by atoms with Crippen molar-refractivity contribution < 1.29 is 9.53 Å². The number of carbonyl (C=O) groups is 1. The van der Waals surface area contributed by atoms with Crippen LogP contribution in [0.5, 0.6) is 0 Å². The number of ether oxygens (including phenoxy) is 1. The molecule has 2 aliphatic heterocycles. The third kappa shape index (κ3) is 4.17. The SMILES string of the molecule is NC1CCN(c2ccc(C(=O)N3CCOC(c4ccccc4)C3)c(Cl)c2)CC1. The minimum absolute atomic E-state index is 0.0403. The Bertz CT molecular complexity index is 822. The number of nitrogens with zero attached hydrogens (tertiary/aromatic N) is 2. The fourth-order valence-corrected chi connectivity index (χ4v) is 4.16. The van der Waals surface area contributed by atoms with Crippen molar-refractivity contribution in [3.05, 3.63) is 64.7 Å². The molecular formula is C22H26ClN3O2. The van der Waals surface area contributed by atoms with Gasteiger partial charge in [-0.2, -0.15) is 0 Å². The average Bonchev–Trinajstić information content (AvgIpc) is 2.74. The lowest BCUT2D eigenvalue weighted by Crippen LogP contribution is -2.42. The van der Waals surface area contributed by atoms with Gasteiger partial charge < -0.3 is 20.3 Å². The molecule has 1 atom stereocenters. The number of rotatable bonds is 3. The molecule has 2 fully saturated rings. The summed E-state index contributed by atoms with van der Waals surface area (Å²) in [7, 11) is 0. The molecule has 0 bridgehead atoms. The van der Waals surface area contributed by atoms with Crippen LogP contribution in [-0.2, 0) is 4.74 Å². The van der Waals surface area contributed by atoms with Crippen LogP contribution in [0.25, 0.3) is 0 Å². The Morgan fingerprint density at radius 2 is 1.82 bits per heavy atom. The molecular weight excluding hydrogens is 374 g/mol. The largest absolute Gasteiger partial charge is 0.371 e. The normalized spacial score (nSPS) is 21.0. The molecule has 2 N–H and O–H groups in total. The van der Waals surface area contributed by atoms with Crippen LogP contribution in [0.4, 0.5) is 5.69 Å². The quantitative estimate of drug-likeness (QED) is 0.858. The van der Waals surface area contributed by atoms with E-state index in [1.165, 1.54) is 0 Å². The first-order valence-corrected chi connectivity index (χ1v) is 10.3. The summed E-state index contributed by atoms with van der Waals surface area (Å²) in [5, 5.41) is 0.500. The second kappa shape index (κ2) is 8.52. The summed E-state index contributed by atoms with van der Waals surface area (Å²) in [5.74, 6) is -0.0403. The number of halogens is 1. The fraction of sp³-hybridized carbons (Fsp3) is 0.409. The van der Waals surface area contributed by atoms with E-state index in [-0.39, 0.29) is 18.1 Å². The minimum atomic E-state index is -0.102. The molecule has 1 amide bonds. The van der Waals surface area contributed by atoms with Gasteiger partial charge in [-0.1, -0.05) is 41.9 Å². The van der Waals surface area contributed by atoms with Crippen molar-refractivity contribution in [2.24, 2.45) is 5.73 Å². The van der Waals surface area contributed by atoms with E-state index in [0.717, 1.165) is 37.2 Å². The lowest BCUT2D eigenvalue weighted by atomic mass is 10.0. The Morgan fingerprint density at radius 3 is 2.54 bits per heavy atom. The molecule has 6 heteroatoms. The van der Waals surface area contributed by atoms with Crippen molar-refractivity contribution >= 4 is 23.2 Å². The van der Waals surface area contributed by atoms with E-state index in [1.807, 2.05) is 53.4 Å². The van der Waals surface area contributed by atoms with Crippen molar-refractivity contribution in [3.8, 4) is 0 Å². The summed E-state index contributed by atoms with van der Waals surface area (Å²) in [6, 6.07) is 16.0. The van der Waals surface area contributed by atoms with E-state index in [0.29, 0.717) is 30.3 Å². The highest BCUT2D eigenvalue weighted by atomic mass is 35.5. The van der Waals surface area contributed by atoms with Gasteiger partial charge in [-0.25, -0.2) is 0 Å². The van der Waals surface area contributed by atoms with E-state index in [4.69, 9.17) is 22.1 Å². The summed E-state index contributed by atoms with van der Waals surface area (Å²) >= 11 is 6.51. The van der Waals surface area contributed by atoms with Gasteiger partial charge in [-0.05, 0) is 36.6 Å². The van der Waals surface area contributed by atoms with Crippen LogP contribution in [0.2, 0.25) is 5.02 Å². The van der Waals surface area contributed by atoms with Crippen molar-refractivity contribution in [1.82, 2.24) is 4.90 Å². The van der Waals surface area contributed by atoms with Crippen LogP contribution < -0.4 is 10.6 Å². The molecule has 0 aliphatic carbocycles. The van der Waals surface area contributed by atoms with Gasteiger partial charge in [0.25, 0.3) is 5.91 Å². The monoisotopic (exact) mass is 399 g/mol. The summed E-state index contributed by atoms with van der Waals surface area (Å²) < 4.78 is 5.87. The molecule has 0 spiro atoms. The lowest BCUT2D eigenvalue weighted by Gasteiger charge is -2.34. The zero-order valence-corrected chi connectivity index (χ0v) is 16.6. The van der Waals surface area contributed by atoms with Crippen LogP contribution in [0.15, 0.2) is 48.5 Å². The molecule has 0 saturated carbocycles. The first-order chi connectivity index (χ1) is 13.6. The zero-order valence-electron chi connectivity index (χ0n) is 15.9. The molecule has 2 aromatic carbocycles. The molecule has 148 valence electrons. The Kier molecular flexibility index (Phi) is 5.85. The number of hydrogen-bond acceptors (Lipinski definition) is 4. The maximum atomic E-state index is 13.1. The van der Waals surface area contributed by atoms with E-state index in [9.17, 15) is 4.79 Å². The minimum Gasteiger partial charge on any atom is -0.371 e. The molecule has 0 radical (unpaired) electrons. The van der Waals surface area contributed by atoms with Crippen LogP contribution in [-0.4, -0.2) is 49.6 Å². The molecule has 0 aromatic heterocycles. The van der Waals surface area contributed by atoms with Crippen LogP contribution in [0, 0.1) is 0 Å². The van der Waals surface area contributed by atoms with Crippen molar-refractivity contribution in [2.75, 3.05) is 37.7 Å². The van der Waals surface area contributed by atoms with Crippen molar-refractivity contribution in [2.45, 2.75) is 25.0 Å². The number of carbonyl (C=O) groups excluding carboxylic acids is 1. The third-order valence-corrected chi connectivity index (χ3v) is 5.93. The zero-order chi connectivity index (χ0) is 19.5. The number of morpholine rings is 1. The first-order valence-electron chi connectivity index (χ1n) is 9.88. The van der Waals surface area contributed by atoms with Gasteiger partial charge in [-0.3, -0.25) is 4.79 Å². The van der Waals surface area contributed by atoms with Crippen LogP contribution in [0.1, 0.15) is 34.9 Å². The van der Waals surface area contributed by atoms with E-state index in [2.05, 4.69) is 4.90 Å². The predicted octanol–water partition coefficient (Wildman–Crippen LogP) is 3.48. The number of anilines is 1. The Balaban J connectivity index is 1.47. The predicted molar refractivity (Wildman–Crippen MR) is 112 cm³/mol. The Morgan fingerprint density at radius 1 is 1.07 bits per heavy atom. The second-order valence-electron chi connectivity index (χ2n) is 7.51. The standard InChI is InChI=1S/C22H26ClN3O2/c23-20-14-18(25-10-8-17(24)9-11-25)6-7-19(20)22(27)26-12-13-28-21(15-26)16-4-2-1-3-5-16/h1-7,14,17,21H,8-13,15,24H2. The molecule has 2 aromatic rings. The van der Waals surface area contributed by atoms with Gasteiger partial charge in [0, 0.05) is 31.4 Å². The fourth-order valence-electron chi connectivity index (χ4n) is 3.91. The first kappa shape index (κ1) is 19.2. The van der Waals surface area contributed by atoms with E-state index >= 15 is 0 Å². The van der Waals surface area contributed by atoms with Gasteiger partial charge in [0.2, 0.25) is 0 Å². The van der Waals surface area contributed by atoms with Gasteiger partial charge in [-0.15, -0.1) is 0 Å². The highest BCUT2D eigenvalue weighted by Crippen LogP contribution is 2.29. The summed E-state index contributed by atoms with van der Waals surface area (Å²) in [5.41, 5.74) is 8.68. The molecule has 2 aliphatic rings. The van der Waals surface area contributed by atoms with Gasteiger partial charge in [0.1, 0.15) is 6.10 Å². The van der Waals surface area contributed by atoms with Gasteiger partial charge in [0.05, 0.1) is 23.7 Å². The molecule has 2 saturated heterocycles. The number of amides is 1. The maximum Gasteiger partial charge on any atom is 0.255 e. The van der Waals surface area contributed by atoms with Crippen molar-refractivity contribution in [3.63, 3.8) is 0 Å². The Hall–Kier alpha value is -2.08. The van der Waals surface area contributed by atoms with Crippen molar-refractivity contribution in [1.29, 1.82) is 0 Å². The lowest BCUT2D eigenvalue weighted by molar-refractivity contribution is -0.0228. The average molecular weight is 400 g/mol. The van der Waals surface area contributed by atoms with E-state index < -0.39 is 0 Å². The summed E-state index contributed by atoms with van der Waals surface area (Å²) in [6.45, 7) is 3.48. The van der Waals surface area contributed by atoms with E-state index in [1.54, 1.807) is 0 Å². The summed E-state index contributed by atoms with van der Waals surface area (Å²) in [4.78, 5) is 17.2. The van der Waals surface area contributed by atoms with Crippen LogP contribution in [0.3, 0.4) is 0 Å². The molecule has 5 nitrogen and oxygen atoms in total. The molecule has 2 heterocycles. The Labute approximate surface area is 171 Å². The maximum absolute atomic E-state index is 13.1. The second-order valence-corrected chi connectivity index (χ2v) is 7.92. The third-order valence-electron chi connectivity index (χ3n) is 5.61. The molecule has 4 rings (SSSR count).